The van der Waals surface area contributed by atoms with Crippen molar-refractivity contribution in [3.8, 4) is 11.5 Å². The first-order valence-corrected chi connectivity index (χ1v) is 6.41. The van der Waals surface area contributed by atoms with E-state index in [1.165, 1.54) is 6.07 Å². The smallest absolute Gasteiger partial charge is 0.272 e. The predicted molar refractivity (Wildman–Crippen MR) is 74.8 cm³/mol. The van der Waals surface area contributed by atoms with Gasteiger partial charge in [0, 0.05) is 11.6 Å². The highest BCUT2D eigenvalue weighted by Gasteiger charge is 2.15. The molecule has 0 saturated heterocycles. The third-order valence-corrected chi connectivity index (χ3v) is 3.01. The van der Waals surface area contributed by atoms with Crippen LogP contribution in [0, 0.1) is 15.9 Å². The second-order valence-corrected chi connectivity index (χ2v) is 4.44. The summed E-state index contributed by atoms with van der Waals surface area (Å²) in [5.41, 5.74) is 0.194. The summed E-state index contributed by atoms with van der Waals surface area (Å²) in [4.78, 5) is 9.89. The van der Waals surface area contributed by atoms with E-state index in [0.717, 1.165) is 12.1 Å². The van der Waals surface area contributed by atoms with Crippen molar-refractivity contribution in [2.45, 2.75) is 19.4 Å². The molecule has 110 valence electrons. The van der Waals surface area contributed by atoms with Crippen LogP contribution in [-0.4, -0.2) is 10.0 Å². The van der Waals surface area contributed by atoms with Crippen LogP contribution in [0.1, 0.15) is 25.0 Å². The Morgan fingerprint density at radius 1 is 1.29 bits per heavy atom. The minimum atomic E-state index is -0.829. The predicted octanol–water partition coefficient (Wildman–Crippen LogP) is 3.97. The van der Waals surface area contributed by atoms with Gasteiger partial charge in [0.15, 0.2) is 11.6 Å². The average molecular weight is 291 g/mol. The molecule has 1 atom stereocenters. The van der Waals surface area contributed by atoms with Crippen LogP contribution in [0.4, 0.5) is 10.1 Å². The lowest BCUT2D eigenvalue weighted by molar-refractivity contribution is -0.385. The van der Waals surface area contributed by atoms with E-state index in [0.29, 0.717) is 17.7 Å². The molecule has 0 aromatic heterocycles. The summed E-state index contributed by atoms with van der Waals surface area (Å²) >= 11 is 0. The van der Waals surface area contributed by atoms with Crippen molar-refractivity contribution < 1.29 is 19.2 Å². The lowest BCUT2D eigenvalue weighted by atomic mass is 10.1. The Morgan fingerprint density at radius 3 is 2.62 bits per heavy atom. The van der Waals surface area contributed by atoms with Gasteiger partial charge >= 0.3 is 0 Å². The lowest BCUT2D eigenvalue weighted by Crippen LogP contribution is -1.99. The zero-order valence-electron chi connectivity index (χ0n) is 11.3. The van der Waals surface area contributed by atoms with Crippen molar-refractivity contribution in [3.63, 3.8) is 0 Å². The third-order valence-electron chi connectivity index (χ3n) is 3.01. The Kier molecular flexibility index (Phi) is 4.49. The van der Waals surface area contributed by atoms with Gasteiger partial charge < -0.3 is 9.84 Å². The first-order chi connectivity index (χ1) is 10.0. The lowest BCUT2D eigenvalue weighted by Gasteiger charge is -2.14. The topological polar surface area (TPSA) is 72.6 Å². The molecule has 2 rings (SSSR count). The Labute approximate surface area is 120 Å². The van der Waals surface area contributed by atoms with Gasteiger partial charge in [0.05, 0.1) is 17.1 Å². The largest absolute Gasteiger partial charge is 0.454 e. The molecule has 21 heavy (non-hydrogen) atoms. The zero-order valence-corrected chi connectivity index (χ0v) is 11.3. The van der Waals surface area contributed by atoms with Crippen LogP contribution in [-0.2, 0) is 0 Å². The fraction of sp³-hybridized carbons (Fsp3) is 0.200. The SMILES string of the molecule is CC[C@@H](O)c1ccccc1Oc1ccc([N+](=O)[O-])cc1F. The number of hydrogen-bond donors (Lipinski definition) is 1. The zero-order chi connectivity index (χ0) is 15.4. The molecule has 0 radical (unpaired) electrons. The van der Waals surface area contributed by atoms with Crippen LogP contribution in [0.3, 0.4) is 0 Å². The van der Waals surface area contributed by atoms with E-state index in [1.807, 2.05) is 6.92 Å². The van der Waals surface area contributed by atoms with Crippen LogP contribution in [0.25, 0.3) is 0 Å². The Bertz CT molecular complexity index is 660. The van der Waals surface area contributed by atoms with Gasteiger partial charge in [-0.1, -0.05) is 25.1 Å². The molecule has 6 heteroatoms. The van der Waals surface area contributed by atoms with Crippen LogP contribution >= 0.6 is 0 Å². The molecular formula is C15H14FNO4. The van der Waals surface area contributed by atoms with Crippen LogP contribution in [0.2, 0.25) is 0 Å². The number of nitro groups is 1. The van der Waals surface area contributed by atoms with Gasteiger partial charge in [-0.05, 0) is 18.6 Å². The molecule has 2 aromatic carbocycles. The molecule has 0 spiro atoms. The minimum Gasteiger partial charge on any atom is -0.454 e. The second kappa shape index (κ2) is 6.32. The van der Waals surface area contributed by atoms with Crippen molar-refractivity contribution in [1.82, 2.24) is 0 Å². The summed E-state index contributed by atoms with van der Waals surface area (Å²) in [5.74, 6) is -0.638. The molecule has 2 aromatic rings. The molecule has 0 aliphatic rings. The van der Waals surface area contributed by atoms with E-state index < -0.39 is 16.8 Å². The normalized spacial score (nSPS) is 12.0. The third kappa shape index (κ3) is 3.35. The number of rotatable bonds is 5. The molecule has 0 amide bonds. The van der Waals surface area contributed by atoms with Crippen LogP contribution < -0.4 is 4.74 Å². The van der Waals surface area contributed by atoms with E-state index in [9.17, 15) is 19.6 Å². The summed E-state index contributed by atoms with van der Waals surface area (Å²) in [5, 5.41) is 20.5. The second-order valence-electron chi connectivity index (χ2n) is 4.44. The molecule has 0 aliphatic carbocycles. The summed E-state index contributed by atoms with van der Waals surface area (Å²) < 4.78 is 19.3. The summed E-state index contributed by atoms with van der Waals surface area (Å²) in [6, 6.07) is 9.90. The fourth-order valence-electron chi connectivity index (χ4n) is 1.87. The number of aliphatic hydroxyl groups is 1. The van der Waals surface area contributed by atoms with Gasteiger partial charge in [-0.15, -0.1) is 0 Å². The van der Waals surface area contributed by atoms with Crippen molar-refractivity contribution in [1.29, 1.82) is 0 Å². The van der Waals surface area contributed by atoms with Crippen LogP contribution in [0.15, 0.2) is 42.5 Å². The Morgan fingerprint density at radius 2 is 2.00 bits per heavy atom. The molecule has 0 aliphatic heterocycles. The monoisotopic (exact) mass is 291 g/mol. The highest BCUT2D eigenvalue weighted by Crippen LogP contribution is 2.33. The Balaban J connectivity index is 2.33. The first kappa shape index (κ1) is 14.9. The van der Waals surface area contributed by atoms with E-state index >= 15 is 0 Å². The highest BCUT2D eigenvalue weighted by atomic mass is 19.1. The number of aliphatic hydroxyl groups excluding tert-OH is 1. The van der Waals surface area contributed by atoms with E-state index in [2.05, 4.69) is 0 Å². The molecule has 5 nitrogen and oxygen atoms in total. The van der Waals surface area contributed by atoms with Crippen LogP contribution in [0.5, 0.6) is 11.5 Å². The fourth-order valence-corrected chi connectivity index (χ4v) is 1.87. The molecule has 0 bridgehead atoms. The highest BCUT2D eigenvalue weighted by molar-refractivity contribution is 5.42. The van der Waals surface area contributed by atoms with Gasteiger partial charge in [-0.25, -0.2) is 4.39 Å². The average Bonchev–Trinajstić information content (AvgIpc) is 2.49. The molecule has 1 N–H and O–H groups in total. The summed E-state index contributed by atoms with van der Waals surface area (Å²) in [6.07, 6.45) is -0.231. The molecule has 0 unspecified atom stereocenters. The molecule has 0 fully saturated rings. The number of hydrogen-bond acceptors (Lipinski definition) is 4. The van der Waals surface area contributed by atoms with Crippen molar-refractivity contribution in [2.24, 2.45) is 0 Å². The van der Waals surface area contributed by atoms with Gasteiger partial charge in [0.1, 0.15) is 5.75 Å². The summed E-state index contributed by atoms with van der Waals surface area (Å²) in [7, 11) is 0. The van der Waals surface area contributed by atoms with E-state index in [-0.39, 0.29) is 11.4 Å². The number of nitro benzene ring substituents is 1. The van der Waals surface area contributed by atoms with Gasteiger partial charge in [-0.3, -0.25) is 10.1 Å². The quantitative estimate of drug-likeness (QED) is 0.668. The van der Waals surface area contributed by atoms with Crippen molar-refractivity contribution >= 4 is 5.69 Å². The molecule has 0 heterocycles. The number of benzene rings is 2. The number of non-ortho nitro benzene ring substituents is 1. The van der Waals surface area contributed by atoms with Crippen molar-refractivity contribution in [3.05, 3.63) is 64.0 Å². The maximum Gasteiger partial charge on any atom is 0.272 e. The molecular weight excluding hydrogens is 277 g/mol. The number of ether oxygens (including phenoxy) is 1. The van der Waals surface area contributed by atoms with E-state index in [4.69, 9.17) is 4.74 Å². The Hall–Kier alpha value is -2.47. The first-order valence-electron chi connectivity index (χ1n) is 6.41. The van der Waals surface area contributed by atoms with Gasteiger partial charge in [0.2, 0.25) is 0 Å². The standard InChI is InChI=1S/C15H14FNO4/c1-2-13(18)11-5-3-4-6-14(11)21-15-8-7-10(17(19)20)9-12(15)16/h3-9,13,18H,2H2,1H3/t13-/m1/s1. The summed E-state index contributed by atoms with van der Waals surface area (Å²) in [6.45, 7) is 1.81. The van der Waals surface area contributed by atoms with Gasteiger partial charge in [-0.2, -0.15) is 0 Å². The van der Waals surface area contributed by atoms with E-state index in [1.54, 1.807) is 24.3 Å². The number of para-hydroxylation sites is 1. The number of halogens is 1. The van der Waals surface area contributed by atoms with Crippen molar-refractivity contribution in [2.75, 3.05) is 0 Å². The molecule has 0 saturated carbocycles. The van der Waals surface area contributed by atoms with Gasteiger partial charge in [0.25, 0.3) is 5.69 Å². The minimum absolute atomic E-state index is 0.128. The maximum atomic E-state index is 13.8. The maximum absolute atomic E-state index is 13.8. The number of nitrogens with zero attached hydrogens (tertiary/aromatic N) is 1.